The van der Waals surface area contributed by atoms with Gasteiger partial charge in [0.1, 0.15) is 5.82 Å². The van der Waals surface area contributed by atoms with E-state index >= 15 is 0 Å². The molecule has 8 heteroatoms. The number of imidazole rings is 1. The summed E-state index contributed by atoms with van der Waals surface area (Å²) in [5.74, 6) is 1.48. The van der Waals surface area contributed by atoms with Gasteiger partial charge in [0.25, 0.3) is 0 Å². The number of aromatic nitrogens is 5. The Morgan fingerprint density at radius 1 is 1.19 bits per heavy atom. The maximum Gasteiger partial charge on any atom is 0.324 e. The number of ether oxygens (including phenoxy) is 2. The first-order valence-corrected chi connectivity index (χ1v) is 6.83. The smallest absolute Gasteiger partial charge is 0.324 e. The average Bonchev–Trinajstić information content (AvgIpc) is 3.14. The Bertz CT molecular complexity index is 607. The molecule has 8 nitrogen and oxygen atoms in total. The quantitative estimate of drug-likeness (QED) is 0.906. The van der Waals surface area contributed by atoms with E-state index in [4.69, 9.17) is 9.47 Å². The van der Waals surface area contributed by atoms with E-state index in [0.717, 1.165) is 30.9 Å². The van der Waals surface area contributed by atoms with Gasteiger partial charge in [-0.05, 0) is 19.8 Å². The summed E-state index contributed by atoms with van der Waals surface area (Å²) in [6, 6.07) is 0.631. The summed E-state index contributed by atoms with van der Waals surface area (Å²) in [5.41, 5.74) is 1.04. The third-order valence-electron chi connectivity index (χ3n) is 3.50. The van der Waals surface area contributed by atoms with Crippen LogP contribution in [-0.2, 0) is 0 Å². The fourth-order valence-electron chi connectivity index (χ4n) is 2.53. The summed E-state index contributed by atoms with van der Waals surface area (Å²) in [6.45, 7) is 2.85. The molecule has 112 valence electrons. The standard InChI is InChI=1S/C13H18N6O2/c1-8-7-14-10(15-8)9-5-4-6-19(9)11-16-12(20-2)18-13(17-11)21-3/h7,9H,4-6H2,1-3H3,(H,14,15)/t9-/m0/s1. The minimum atomic E-state index is 0.135. The van der Waals surface area contributed by atoms with Crippen LogP contribution in [0.2, 0.25) is 0 Å². The molecule has 0 spiro atoms. The van der Waals surface area contributed by atoms with Crippen molar-refractivity contribution in [3.8, 4) is 12.0 Å². The fraction of sp³-hybridized carbons (Fsp3) is 0.538. The van der Waals surface area contributed by atoms with Gasteiger partial charge < -0.3 is 19.4 Å². The molecule has 0 unspecified atom stereocenters. The number of methoxy groups -OCH3 is 2. The zero-order valence-corrected chi connectivity index (χ0v) is 12.3. The normalized spacial score (nSPS) is 18.0. The summed E-state index contributed by atoms with van der Waals surface area (Å²) in [7, 11) is 3.05. The van der Waals surface area contributed by atoms with Crippen LogP contribution in [0.4, 0.5) is 5.95 Å². The van der Waals surface area contributed by atoms with E-state index in [1.807, 2.05) is 13.1 Å². The number of hydrogen-bond donors (Lipinski definition) is 1. The zero-order valence-electron chi connectivity index (χ0n) is 12.3. The maximum atomic E-state index is 5.11. The SMILES string of the molecule is COc1nc(OC)nc(N2CCC[C@H]2c2ncc(C)[nH]2)n1. The van der Waals surface area contributed by atoms with Gasteiger partial charge in [0.2, 0.25) is 5.95 Å². The van der Waals surface area contributed by atoms with Crippen molar-refractivity contribution in [3.05, 3.63) is 17.7 Å². The van der Waals surface area contributed by atoms with Gasteiger partial charge in [-0.3, -0.25) is 0 Å². The number of H-pyrrole nitrogens is 1. The van der Waals surface area contributed by atoms with Crippen LogP contribution in [0.3, 0.4) is 0 Å². The lowest BCUT2D eigenvalue weighted by Gasteiger charge is -2.23. The Hall–Kier alpha value is -2.38. The summed E-state index contributed by atoms with van der Waals surface area (Å²) in [4.78, 5) is 22.5. The second-order valence-electron chi connectivity index (χ2n) is 4.91. The van der Waals surface area contributed by atoms with Gasteiger partial charge >= 0.3 is 12.0 Å². The summed E-state index contributed by atoms with van der Waals surface area (Å²) < 4.78 is 10.2. The van der Waals surface area contributed by atoms with Gasteiger partial charge in [0.05, 0.1) is 20.3 Å². The van der Waals surface area contributed by atoms with Gasteiger partial charge in [-0.1, -0.05) is 0 Å². The minimum absolute atomic E-state index is 0.135. The second kappa shape index (κ2) is 5.55. The van der Waals surface area contributed by atoms with Crippen LogP contribution in [0.1, 0.15) is 30.4 Å². The molecule has 2 aromatic rings. The van der Waals surface area contributed by atoms with Crippen molar-refractivity contribution in [1.82, 2.24) is 24.9 Å². The Morgan fingerprint density at radius 2 is 1.90 bits per heavy atom. The van der Waals surface area contributed by atoms with Gasteiger partial charge in [0.15, 0.2) is 0 Å². The molecule has 21 heavy (non-hydrogen) atoms. The number of rotatable bonds is 4. The number of aryl methyl sites for hydroxylation is 1. The summed E-state index contributed by atoms with van der Waals surface area (Å²) in [6.07, 6.45) is 3.89. The first-order valence-electron chi connectivity index (χ1n) is 6.83. The highest BCUT2D eigenvalue weighted by atomic mass is 16.5. The van der Waals surface area contributed by atoms with Crippen molar-refractivity contribution >= 4 is 5.95 Å². The van der Waals surface area contributed by atoms with Gasteiger partial charge in [-0.25, -0.2) is 4.98 Å². The Kier molecular flexibility index (Phi) is 3.59. The number of nitrogens with zero attached hydrogens (tertiary/aromatic N) is 5. The Morgan fingerprint density at radius 3 is 2.48 bits per heavy atom. The molecule has 0 aromatic carbocycles. The third kappa shape index (κ3) is 2.61. The molecule has 1 N–H and O–H groups in total. The van der Waals surface area contributed by atoms with Crippen molar-refractivity contribution in [2.75, 3.05) is 25.7 Å². The van der Waals surface area contributed by atoms with Crippen molar-refractivity contribution in [2.24, 2.45) is 0 Å². The third-order valence-corrected chi connectivity index (χ3v) is 3.50. The monoisotopic (exact) mass is 290 g/mol. The Balaban J connectivity index is 1.94. The van der Waals surface area contributed by atoms with E-state index in [1.165, 1.54) is 14.2 Å². The van der Waals surface area contributed by atoms with Crippen LogP contribution in [-0.4, -0.2) is 45.7 Å². The van der Waals surface area contributed by atoms with E-state index in [0.29, 0.717) is 5.95 Å². The van der Waals surface area contributed by atoms with Gasteiger partial charge in [-0.15, -0.1) is 4.98 Å². The number of anilines is 1. The van der Waals surface area contributed by atoms with Crippen LogP contribution in [0, 0.1) is 6.92 Å². The lowest BCUT2D eigenvalue weighted by atomic mass is 10.2. The van der Waals surface area contributed by atoms with Crippen LogP contribution in [0.25, 0.3) is 0 Å². The molecule has 0 radical (unpaired) electrons. The summed E-state index contributed by atoms with van der Waals surface area (Å²) >= 11 is 0. The molecule has 0 saturated carbocycles. The van der Waals surface area contributed by atoms with E-state index in [2.05, 4.69) is 29.8 Å². The molecule has 1 saturated heterocycles. The maximum absolute atomic E-state index is 5.11. The number of aromatic amines is 1. The second-order valence-corrected chi connectivity index (χ2v) is 4.91. The predicted molar refractivity (Wildman–Crippen MR) is 75.6 cm³/mol. The van der Waals surface area contributed by atoms with Crippen LogP contribution < -0.4 is 14.4 Å². The van der Waals surface area contributed by atoms with Crippen LogP contribution >= 0.6 is 0 Å². The first kappa shape index (κ1) is 13.6. The lowest BCUT2D eigenvalue weighted by Crippen LogP contribution is -2.26. The molecule has 0 amide bonds. The zero-order chi connectivity index (χ0) is 14.8. The average molecular weight is 290 g/mol. The fourth-order valence-corrected chi connectivity index (χ4v) is 2.53. The van der Waals surface area contributed by atoms with Crippen molar-refractivity contribution in [1.29, 1.82) is 0 Å². The van der Waals surface area contributed by atoms with Crippen molar-refractivity contribution < 1.29 is 9.47 Å². The van der Waals surface area contributed by atoms with E-state index in [9.17, 15) is 0 Å². The first-order chi connectivity index (χ1) is 10.2. The van der Waals surface area contributed by atoms with Gasteiger partial charge in [-0.2, -0.15) is 9.97 Å². The highest BCUT2D eigenvalue weighted by Gasteiger charge is 2.31. The molecule has 1 aliphatic rings. The molecule has 3 rings (SSSR count). The molecule has 1 aliphatic heterocycles. The van der Waals surface area contributed by atoms with Crippen LogP contribution in [0.5, 0.6) is 12.0 Å². The molecular formula is C13H18N6O2. The van der Waals surface area contributed by atoms with E-state index < -0.39 is 0 Å². The molecular weight excluding hydrogens is 272 g/mol. The molecule has 0 bridgehead atoms. The number of hydrogen-bond acceptors (Lipinski definition) is 7. The molecule has 1 atom stereocenters. The largest absolute Gasteiger partial charge is 0.467 e. The predicted octanol–water partition coefficient (Wildman–Crippen LogP) is 1.26. The van der Waals surface area contributed by atoms with Crippen LogP contribution in [0.15, 0.2) is 6.20 Å². The Labute approximate surface area is 122 Å². The van der Waals surface area contributed by atoms with E-state index in [1.54, 1.807) is 0 Å². The van der Waals surface area contributed by atoms with Crippen molar-refractivity contribution in [2.45, 2.75) is 25.8 Å². The molecule has 0 aliphatic carbocycles. The number of nitrogens with one attached hydrogen (secondary N) is 1. The van der Waals surface area contributed by atoms with E-state index in [-0.39, 0.29) is 18.1 Å². The molecule has 2 aromatic heterocycles. The topological polar surface area (TPSA) is 89.0 Å². The molecule has 1 fully saturated rings. The highest BCUT2D eigenvalue weighted by molar-refractivity contribution is 5.37. The highest BCUT2D eigenvalue weighted by Crippen LogP contribution is 2.33. The molecule has 3 heterocycles. The minimum Gasteiger partial charge on any atom is -0.467 e. The van der Waals surface area contributed by atoms with Crippen molar-refractivity contribution in [3.63, 3.8) is 0 Å². The lowest BCUT2D eigenvalue weighted by molar-refractivity contribution is 0.339. The van der Waals surface area contributed by atoms with Gasteiger partial charge in [0, 0.05) is 18.4 Å². The summed E-state index contributed by atoms with van der Waals surface area (Å²) in [5, 5.41) is 0.